The van der Waals surface area contributed by atoms with Gasteiger partial charge in [0.05, 0.1) is 13.1 Å². The number of fused-ring (bicyclic) bond motifs is 1. The molecule has 1 aromatic rings. The standard InChI is InChI=1S/C15H18N2OS/c1-2-7-16-14(18)10-17-8-5-13-12(6-9-19-13)15(17)11-3-4-11/h1,6,9,11,15H,3-5,7-8,10H2,(H,16,18)/t15-/m0/s1. The van der Waals surface area contributed by atoms with Gasteiger partial charge < -0.3 is 5.32 Å². The summed E-state index contributed by atoms with van der Waals surface area (Å²) < 4.78 is 0. The lowest BCUT2D eigenvalue weighted by Crippen LogP contribution is -2.43. The maximum absolute atomic E-state index is 11.9. The second kappa shape index (κ2) is 5.36. The van der Waals surface area contributed by atoms with Gasteiger partial charge in [-0.3, -0.25) is 9.69 Å². The molecule has 4 heteroatoms. The molecule has 0 saturated heterocycles. The first-order chi connectivity index (χ1) is 9.29. The van der Waals surface area contributed by atoms with E-state index in [-0.39, 0.29) is 5.91 Å². The molecular formula is C15H18N2OS. The minimum atomic E-state index is 0.0438. The fourth-order valence-electron chi connectivity index (χ4n) is 2.93. The van der Waals surface area contributed by atoms with E-state index in [2.05, 4.69) is 27.6 Å². The normalized spacial score (nSPS) is 22.6. The summed E-state index contributed by atoms with van der Waals surface area (Å²) in [5.41, 5.74) is 1.46. The number of terminal acetylenes is 1. The Morgan fingerprint density at radius 2 is 2.42 bits per heavy atom. The maximum atomic E-state index is 11.9. The third-order valence-corrected chi connectivity index (χ3v) is 4.92. The van der Waals surface area contributed by atoms with Gasteiger partial charge in [0.25, 0.3) is 0 Å². The number of carbonyl (C=O) groups is 1. The molecule has 0 bridgehead atoms. The van der Waals surface area contributed by atoms with Gasteiger partial charge in [0.2, 0.25) is 5.91 Å². The van der Waals surface area contributed by atoms with Crippen LogP contribution in [0.2, 0.25) is 0 Å². The zero-order valence-corrected chi connectivity index (χ0v) is 11.7. The zero-order chi connectivity index (χ0) is 13.2. The number of thiophene rings is 1. The average molecular weight is 274 g/mol. The molecule has 1 aliphatic carbocycles. The van der Waals surface area contributed by atoms with E-state index < -0.39 is 0 Å². The van der Waals surface area contributed by atoms with Crippen molar-refractivity contribution in [3.63, 3.8) is 0 Å². The predicted octanol–water partition coefficient (Wildman–Crippen LogP) is 1.81. The van der Waals surface area contributed by atoms with Crippen molar-refractivity contribution in [1.82, 2.24) is 10.2 Å². The molecule has 1 N–H and O–H groups in total. The van der Waals surface area contributed by atoms with Crippen molar-refractivity contribution in [2.75, 3.05) is 19.6 Å². The van der Waals surface area contributed by atoms with E-state index in [0.29, 0.717) is 19.1 Å². The van der Waals surface area contributed by atoms with Gasteiger partial charge in [0.1, 0.15) is 0 Å². The molecule has 1 fully saturated rings. The molecule has 1 atom stereocenters. The number of nitrogens with zero attached hydrogens (tertiary/aromatic N) is 1. The second-order valence-corrected chi connectivity index (χ2v) is 6.28. The Morgan fingerprint density at radius 1 is 1.58 bits per heavy atom. The molecule has 0 radical (unpaired) electrons. The molecule has 0 unspecified atom stereocenters. The summed E-state index contributed by atoms with van der Waals surface area (Å²) in [6, 6.07) is 2.70. The van der Waals surface area contributed by atoms with Gasteiger partial charge in [-0.15, -0.1) is 17.8 Å². The van der Waals surface area contributed by atoms with Crippen LogP contribution in [0.3, 0.4) is 0 Å². The van der Waals surface area contributed by atoms with Crippen molar-refractivity contribution in [1.29, 1.82) is 0 Å². The van der Waals surface area contributed by atoms with Crippen molar-refractivity contribution in [3.05, 3.63) is 21.9 Å². The minimum absolute atomic E-state index is 0.0438. The first-order valence-electron chi connectivity index (χ1n) is 6.80. The van der Waals surface area contributed by atoms with Crippen LogP contribution in [-0.4, -0.2) is 30.4 Å². The van der Waals surface area contributed by atoms with Crippen molar-refractivity contribution in [2.45, 2.75) is 25.3 Å². The van der Waals surface area contributed by atoms with Crippen LogP contribution in [0.4, 0.5) is 0 Å². The summed E-state index contributed by atoms with van der Waals surface area (Å²) >= 11 is 1.86. The SMILES string of the molecule is C#CCNC(=O)CN1CCc2sccc2[C@@H]1C1CC1. The first kappa shape index (κ1) is 12.7. The van der Waals surface area contributed by atoms with Crippen molar-refractivity contribution in [2.24, 2.45) is 5.92 Å². The van der Waals surface area contributed by atoms with Crippen molar-refractivity contribution in [3.8, 4) is 12.3 Å². The summed E-state index contributed by atoms with van der Waals surface area (Å²) in [7, 11) is 0. The zero-order valence-electron chi connectivity index (χ0n) is 10.9. The van der Waals surface area contributed by atoms with Crippen LogP contribution >= 0.6 is 11.3 Å². The molecule has 0 spiro atoms. The fourth-order valence-corrected chi connectivity index (χ4v) is 3.84. The largest absolute Gasteiger partial charge is 0.344 e. The third-order valence-electron chi connectivity index (χ3n) is 3.92. The number of carbonyl (C=O) groups excluding carboxylic acids is 1. The lowest BCUT2D eigenvalue weighted by Gasteiger charge is -2.35. The van der Waals surface area contributed by atoms with Crippen LogP contribution in [-0.2, 0) is 11.2 Å². The van der Waals surface area contributed by atoms with Crippen molar-refractivity contribution < 1.29 is 4.79 Å². The Labute approximate surface area is 118 Å². The van der Waals surface area contributed by atoms with E-state index in [4.69, 9.17) is 6.42 Å². The lowest BCUT2D eigenvalue weighted by atomic mass is 9.96. The second-order valence-electron chi connectivity index (χ2n) is 5.28. The van der Waals surface area contributed by atoms with E-state index in [9.17, 15) is 4.79 Å². The fraction of sp³-hybridized carbons (Fsp3) is 0.533. The van der Waals surface area contributed by atoms with Crippen LogP contribution in [0.25, 0.3) is 0 Å². The Morgan fingerprint density at radius 3 is 3.16 bits per heavy atom. The number of nitrogens with one attached hydrogen (secondary N) is 1. The van der Waals surface area contributed by atoms with E-state index in [1.807, 2.05) is 11.3 Å². The Balaban J connectivity index is 1.71. The Bertz CT molecular complexity index is 512. The van der Waals surface area contributed by atoms with Gasteiger partial charge in [-0.05, 0) is 42.2 Å². The number of hydrogen-bond donors (Lipinski definition) is 1. The molecule has 3 rings (SSSR count). The number of hydrogen-bond acceptors (Lipinski definition) is 3. The van der Waals surface area contributed by atoms with Crippen LogP contribution in [0, 0.1) is 18.3 Å². The molecule has 0 aromatic carbocycles. The Kier molecular flexibility index (Phi) is 3.58. The smallest absolute Gasteiger partial charge is 0.234 e. The molecular weight excluding hydrogens is 256 g/mol. The molecule has 1 saturated carbocycles. The molecule has 100 valence electrons. The van der Waals surface area contributed by atoms with Crippen LogP contribution in [0.1, 0.15) is 29.3 Å². The number of amides is 1. The van der Waals surface area contributed by atoms with Gasteiger partial charge in [0.15, 0.2) is 0 Å². The monoisotopic (exact) mass is 274 g/mol. The van der Waals surface area contributed by atoms with Gasteiger partial charge in [-0.25, -0.2) is 0 Å². The van der Waals surface area contributed by atoms with E-state index >= 15 is 0 Å². The van der Waals surface area contributed by atoms with Gasteiger partial charge in [0, 0.05) is 17.5 Å². The molecule has 2 aliphatic rings. The summed E-state index contributed by atoms with van der Waals surface area (Å²) in [6.45, 7) is 1.78. The van der Waals surface area contributed by atoms with E-state index in [1.165, 1.54) is 23.3 Å². The molecule has 3 nitrogen and oxygen atoms in total. The Hall–Kier alpha value is -1.31. The highest BCUT2D eigenvalue weighted by atomic mass is 32.1. The highest BCUT2D eigenvalue weighted by Crippen LogP contribution is 2.48. The molecule has 2 heterocycles. The highest BCUT2D eigenvalue weighted by molar-refractivity contribution is 7.10. The lowest BCUT2D eigenvalue weighted by molar-refractivity contribution is -0.122. The maximum Gasteiger partial charge on any atom is 0.234 e. The highest BCUT2D eigenvalue weighted by Gasteiger charge is 2.40. The molecule has 1 aromatic heterocycles. The molecule has 19 heavy (non-hydrogen) atoms. The van der Waals surface area contributed by atoms with E-state index in [1.54, 1.807) is 0 Å². The quantitative estimate of drug-likeness (QED) is 0.849. The van der Waals surface area contributed by atoms with Gasteiger partial charge >= 0.3 is 0 Å². The summed E-state index contributed by atoms with van der Waals surface area (Å²) in [4.78, 5) is 15.7. The first-order valence-corrected chi connectivity index (χ1v) is 7.68. The van der Waals surface area contributed by atoms with E-state index in [0.717, 1.165) is 18.9 Å². The third kappa shape index (κ3) is 2.68. The van der Waals surface area contributed by atoms with Gasteiger partial charge in [-0.1, -0.05) is 5.92 Å². The summed E-state index contributed by atoms with van der Waals surface area (Å²) in [5, 5.41) is 4.95. The van der Waals surface area contributed by atoms with Crippen LogP contribution in [0.5, 0.6) is 0 Å². The summed E-state index contributed by atoms with van der Waals surface area (Å²) in [5.74, 6) is 3.23. The van der Waals surface area contributed by atoms with Gasteiger partial charge in [-0.2, -0.15) is 0 Å². The average Bonchev–Trinajstić information content (AvgIpc) is 3.13. The molecule has 1 aliphatic heterocycles. The molecule has 1 amide bonds. The van der Waals surface area contributed by atoms with Crippen LogP contribution < -0.4 is 5.32 Å². The number of rotatable bonds is 4. The van der Waals surface area contributed by atoms with Crippen molar-refractivity contribution >= 4 is 17.2 Å². The van der Waals surface area contributed by atoms with Crippen LogP contribution in [0.15, 0.2) is 11.4 Å². The minimum Gasteiger partial charge on any atom is -0.344 e. The topological polar surface area (TPSA) is 32.3 Å². The predicted molar refractivity (Wildman–Crippen MR) is 76.9 cm³/mol. The summed E-state index contributed by atoms with van der Waals surface area (Å²) in [6.07, 6.45) is 8.82.